The Balaban J connectivity index is 0.000000926. The number of pyridine rings is 1. The minimum Gasteiger partial charge on any atom is -0.489 e. The number of aldehydes is 2. The molecule has 7 nitrogen and oxygen atoms in total. The van der Waals surface area contributed by atoms with Crippen LogP contribution in [0.25, 0.3) is 10.9 Å². The monoisotopic (exact) mass is 499 g/mol. The lowest BCUT2D eigenvalue weighted by molar-refractivity contribution is -0.110. The Bertz CT molecular complexity index is 1140. The van der Waals surface area contributed by atoms with Gasteiger partial charge in [0.2, 0.25) is 6.41 Å². The van der Waals surface area contributed by atoms with Crippen molar-refractivity contribution < 1.29 is 19.1 Å². The van der Waals surface area contributed by atoms with E-state index in [0.717, 1.165) is 57.2 Å². The topological polar surface area (TPSA) is 111 Å². The number of nitrogens with two attached hydrogens (primary N) is 1. The van der Waals surface area contributed by atoms with E-state index in [1.807, 2.05) is 65.2 Å². The van der Waals surface area contributed by atoms with Crippen molar-refractivity contribution in [3.63, 3.8) is 0 Å². The molecule has 1 atom stereocenters. The molecule has 0 aliphatic carbocycles. The summed E-state index contributed by atoms with van der Waals surface area (Å²) in [5.74, 6) is 0.412. The molecule has 0 aliphatic rings. The number of fused-ring (bicyclic) bond motifs is 1. The third-order valence-electron chi connectivity index (χ3n) is 5.20. The van der Waals surface area contributed by atoms with Gasteiger partial charge in [-0.25, -0.2) is 0 Å². The maximum atomic E-state index is 11.5. The fraction of sp³-hybridized carbons (Fsp3) is 0.333. The van der Waals surface area contributed by atoms with Crippen molar-refractivity contribution in [2.45, 2.75) is 46.1 Å². The molecule has 0 fully saturated rings. The van der Waals surface area contributed by atoms with Crippen LogP contribution in [0.5, 0.6) is 5.75 Å². The highest BCUT2D eigenvalue weighted by Gasteiger charge is 2.15. The van der Waals surface area contributed by atoms with Gasteiger partial charge in [0.15, 0.2) is 0 Å². The van der Waals surface area contributed by atoms with Gasteiger partial charge in [0.05, 0.1) is 5.52 Å². The van der Waals surface area contributed by atoms with E-state index in [9.17, 15) is 9.59 Å². The van der Waals surface area contributed by atoms with Crippen molar-refractivity contribution >= 4 is 41.5 Å². The molecule has 0 radical (unpaired) electrons. The summed E-state index contributed by atoms with van der Waals surface area (Å²) in [6, 6.07) is 11.8. The number of hydrogen-bond donors (Lipinski definition) is 2. The predicted octanol–water partition coefficient (Wildman–Crippen LogP) is 4.59. The summed E-state index contributed by atoms with van der Waals surface area (Å²) in [4.78, 5) is 35.5. The Kier molecular flexibility index (Phi) is 13.2. The van der Waals surface area contributed by atoms with Crippen molar-refractivity contribution in [1.29, 1.82) is 0 Å². The highest BCUT2D eigenvalue weighted by atomic mass is 35.5. The van der Waals surface area contributed by atoms with E-state index in [1.54, 1.807) is 0 Å². The van der Waals surface area contributed by atoms with Crippen LogP contribution >= 0.6 is 11.6 Å². The molecule has 1 heterocycles. The van der Waals surface area contributed by atoms with Gasteiger partial charge in [0, 0.05) is 28.4 Å². The second-order valence-electron chi connectivity index (χ2n) is 7.96. The molecule has 3 rings (SSSR count). The lowest BCUT2D eigenvalue weighted by Crippen LogP contribution is -2.06. The van der Waals surface area contributed by atoms with E-state index in [4.69, 9.17) is 26.1 Å². The molecule has 0 spiro atoms. The van der Waals surface area contributed by atoms with Crippen LogP contribution in [-0.4, -0.2) is 38.1 Å². The molecule has 0 saturated heterocycles. The minimum atomic E-state index is -0.313. The molecule has 188 valence electrons. The smallest absolute Gasteiger partial charge is 0.204 e. The van der Waals surface area contributed by atoms with Gasteiger partial charge in [-0.2, -0.15) is 0 Å². The number of amides is 1. The second-order valence-corrected chi connectivity index (χ2v) is 8.36. The zero-order valence-electron chi connectivity index (χ0n) is 20.9. The number of benzene rings is 2. The SMILES string of the molecule is CNC.Cc1ccc(OCc2cc3nc(C)c(C(C=O)CCC=O)cc3cc2C)cc1Cl.NC=O. The Hall–Kier alpha value is -3.29. The Labute approximate surface area is 212 Å². The molecule has 3 N–H and O–H groups in total. The zero-order chi connectivity index (χ0) is 26.4. The summed E-state index contributed by atoms with van der Waals surface area (Å²) in [5.41, 5.74) is 9.86. The maximum absolute atomic E-state index is 11.5. The standard InChI is InChI=1S/C24H24ClNO3.C2H7N.CH3NO/c1-15-6-7-21(12-23(15)25)29-14-20-11-24-19(9-16(20)2)10-22(17(3)26-24)18(13-28)5-4-8-27;1-3-2;2-1-3/h6-13,18H,4-5,14H2,1-3H3;3H,1-2H3;1H,(H2,2,3). The molecule has 2 aromatic carbocycles. The first-order chi connectivity index (χ1) is 16.8. The predicted molar refractivity (Wildman–Crippen MR) is 141 cm³/mol. The summed E-state index contributed by atoms with van der Waals surface area (Å²) in [5, 5.41) is 4.41. The van der Waals surface area contributed by atoms with Crippen LogP contribution in [-0.2, 0) is 21.0 Å². The first-order valence-corrected chi connectivity index (χ1v) is 11.6. The highest BCUT2D eigenvalue weighted by Crippen LogP contribution is 2.28. The van der Waals surface area contributed by atoms with Crippen molar-refractivity contribution in [2.24, 2.45) is 5.73 Å². The van der Waals surface area contributed by atoms with E-state index in [1.165, 1.54) is 0 Å². The Morgan fingerprint density at radius 1 is 1.06 bits per heavy atom. The number of nitrogens with one attached hydrogen (secondary N) is 1. The van der Waals surface area contributed by atoms with Gasteiger partial charge in [0.1, 0.15) is 24.9 Å². The molecule has 1 amide bonds. The molecule has 1 aromatic heterocycles. The Morgan fingerprint density at radius 2 is 1.71 bits per heavy atom. The van der Waals surface area contributed by atoms with E-state index in [2.05, 4.69) is 17.1 Å². The summed E-state index contributed by atoms with van der Waals surface area (Å²) >= 11 is 6.17. The van der Waals surface area contributed by atoms with E-state index < -0.39 is 0 Å². The number of hydrogen-bond acceptors (Lipinski definition) is 6. The van der Waals surface area contributed by atoms with Crippen molar-refractivity contribution in [1.82, 2.24) is 10.3 Å². The number of halogens is 1. The normalized spacial score (nSPS) is 10.8. The molecule has 1 unspecified atom stereocenters. The van der Waals surface area contributed by atoms with Crippen LogP contribution in [0.2, 0.25) is 5.02 Å². The first kappa shape index (κ1) is 29.7. The van der Waals surface area contributed by atoms with Gasteiger partial charge in [-0.1, -0.05) is 17.7 Å². The van der Waals surface area contributed by atoms with Gasteiger partial charge in [-0.3, -0.25) is 9.78 Å². The molecule has 0 aliphatic heterocycles. The first-order valence-electron chi connectivity index (χ1n) is 11.2. The largest absolute Gasteiger partial charge is 0.489 e. The number of primary amides is 1. The van der Waals surface area contributed by atoms with E-state index in [-0.39, 0.29) is 12.3 Å². The lowest BCUT2D eigenvalue weighted by Gasteiger charge is -2.15. The number of rotatable bonds is 8. The number of aryl methyl sites for hydroxylation is 3. The van der Waals surface area contributed by atoms with E-state index in [0.29, 0.717) is 24.5 Å². The van der Waals surface area contributed by atoms with Crippen LogP contribution in [0, 0.1) is 20.8 Å². The molecule has 35 heavy (non-hydrogen) atoms. The summed E-state index contributed by atoms with van der Waals surface area (Å²) in [7, 11) is 3.75. The van der Waals surface area contributed by atoms with Crippen LogP contribution < -0.4 is 15.8 Å². The van der Waals surface area contributed by atoms with Crippen molar-refractivity contribution in [2.75, 3.05) is 14.1 Å². The summed E-state index contributed by atoms with van der Waals surface area (Å²) in [6.07, 6.45) is 2.86. The van der Waals surface area contributed by atoms with Crippen molar-refractivity contribution in [3.8, 4) is 5.75 Å². The summed E-state index contributed by atoms with van der Waals surface area (Å²) < 4.78 is 5.92. The average molecular weight is 500 g/mol. The minimum absolute atomic E-state index is 0.250. The quantitative estimate of drug-likeness (QED) is 0.438. The highest BCUT2D eigenvalue weighted by molar-refractivity contribution is 6.31. The van der Waals surface area contributed by atoms with Crippen LogP contribution in [0.1, 0.15) is 46.7 Å². The molecule has 8 heteroatoms. The van der Waals surface area contributed by atoms with Crippen LogP contribution in [0.15, 0.2) is 36.4 Å². The van der Waals surface area contributed by atoms with Crippen molar-refractivity contribution in [3.05, 3.63) is 69.4 Å². The van der Waals surface area contributed by atoms with Gasteiger partial charge < -0.3 is 25.4 Å². The lowest BCUT2D eigenvalue weighted by atomic mass is 9.93. The zero-order valence-corrected chi connectivity index (χ0v) is 21.7. The van der Waals surface area contributed by atoms with Crippen LogP contribution in [0.4, 0.5) is 0 Å². The number of ether oxygens (including phenoxy) is 1. The maximum Gasteiger partial charge on any atom is 0.204 e. The molecular formula is C27H34ClN3O4. The third-order valence-corrected chi connectivity index (χ3v) is 5.61. The third kappa shape index (κ3) is 9.11. The van der Waals surface area contributed by atoms with Gasteiger partial charge in [-0.05, 0) is 93.9 Å². The second kappa shape index (κ2) is 15.6. The Morgan fingerprint density at radius 3 is 2.29 bits per heavy atom. The number of nitrogens with zero attached hydrogens (tertiary/aromatic N) is 1. The molecule has 0 bridgehead atoms. The van der Waals surface area contributed by atoms with Gasteiger partial charge in [0.25, 0.3) is 0 Å². The molecular weight excluding hydrogens is 466 g/mol. The van der Waals surface area contributed by atoms with Gasteiger partial charge in [-0.15, -0.1) is 0 Å². The average Bonchev–Trinajstić information content (AvgIpc) is 2.82. The van der Waals surface area contributed by atoms with Gasteiger partial charge >= 0.3 is 0 Å². The number of aromatic nitrogens is 1. The fourth-order valence-electron chi connectivity index (χ4n) is 3.39. The molecule has 0 saturated carbocycles. The fourth-order valence-corrected chi connectivity index (χ4v) is 3.56. The number of carbonyl (C=O) groups excluding carboxylic acids is 3. The van der Waals surface area contributed by atoms with Crippen LogP contribution in [0.3, 0.4) is 0 Å². The van der Waals surface area contributed by atoms with E-state index >= 15 is 0 Å². The molecule has 3 aromatic rings. The number of carbonyl (C=O) groups is 3. The summed E-state index contributed by atoms with van der Waals surface area (Å²) in [6.45, 7) is 6.30.